The number of hydrogen-bond donors (Lipinski definition) is 1. The van der Waals surface area contributed by atoms with Crippen LogP contribution in [-0.2, 0) is 4.74 Å². The third-order valence-corrected chi connectivity index (χ3v) is 3.33. The molecule has 0 aromatic rings. The first-order valence-electron chi connectivity index (χ1n) is 5.75. The molecule has 3 nitrogen and oxygen atoms in total. The molecule has 1 saturated heterocycles. The Morgan fingerprint density at radius 2 is 2.12 bits per heavy atom. The van der Waals surface area contributed by atoms with E-state index in [2.05, 4.69) is 4.90 Å². The maximum absolute atomic E-state index is 5.88. The van der Waals surface area contributed by atoms with Crippen LogP contribution in [0.1, 0.15) is 19.3 Å². The smallest absolute Gasteiger partial charge is 0.0599 e. The molecule has 0 unspecified atom stereocenters. The maximum Gasteiger partial charge on any atom is 0.0599 e. The topological polar surface area (TPSA) is 38.5 Å². The predicted molar refractivity (Wildman–Crippen MR) is 68.9 cm³/mol. The van der Waals surface area contributed by atoms with Crippen molar-refractivity contribution in [3.63, 3.8) is 0 Å². The number of ether oxygens (including phenoxy) is 1. The first-order chi connectivity index (χ1) is 7.76. The monoisotopic (exact) mass is 266 g/mol. The van der Waals surface area contributed by atoms with Crippen LogP contribution < -0.4 is 5.73 Å². The van der Waals surface area contributed by atoms with Crippen LogP contribution >= 0.6 is 23.2 Å². The van der Waals surface area contributed by atoms with Crippen LogP contribution in [0.2, 0.25) is 0 Å². The van der Waals surface area contributed by atoms with Crippen LogP contribution in [0.5, 0.6) is 0 Å². The minimum absolute atomic E-state index is 0.390. The first kappa shape index (κ1) is 14.3. The molecule has 0 atom stereocenters. The van der Waals surface area contributed by atoms with Gasteiger partial charge in [0.15, 0.2) is 0 Å². The fourth-order valence-corrected chi connectivity index (χ4v) is 2.05. The molecule has 0 saturated carbocycles. The van der Waals surface area contributed by atoms with E-state index in [1.807, 2.05) is 0 Å². The van der Waals surface area contributed by atoms with Crippen LogP contribution in [0, 0.1) is 0 Å². The second-order valence-electron chi connectivity index (χ2n) is 4.04. The van der Waals surface area contributed by atoms with E-state index in [9.17, 15) is 0 Å². The Hall–Kier alpha value is 0.200. The Kier molecular flexibility index (Phi) is 7.41. The number of nitrogens with two attached hydrogens (primary N) is 1. The van der Waals surface area contributed by atoms with Crippen molar-refractivity contribution in [3.05, 3.63) is 10.6 Å². The summed E-state index contributed by atoms with van der Waals surface area (Å²) < 4.78 is 5.72. The van der Waals surface area contributed by atoms with Crippen LogP contribution in [0.15, 0.2) is 10.6 Å². The molecular formula is C11H20Cl2N2O. The Labute approximate surface area is 108 Å². The van der Waals surface area contributed by atoms with Gasteiger partial charge in [-0.2, -0.15) is 0 Å². The summed E-state index contributed by atoms with van der Waals surface area (Å²) in [5.41, 5.74) is 6.85. The normalized spacial score (nSPS) is 20.3. The minimum atomic E-state index is 0.390. The Balaban J connectivity index is 2.13. The highest BCUT2D eigenvalue weighted by atomic mass is 35.5. The van der Waals surface area contributed by atoms with E-state index >= 15 is 0 Å². The number of likely N-dealkylation sites (tertiary alicyclic amines) is 1. The highest BCUT2D eigenvalue weighted by Crippen LogP contribution is 2.16. The molecule has 0 amide bonds. The molecule has 0 bridgehead atoms. The van der Waals surface area contributed by atoms with Gasteiger partial charge >= 0.3 is 0 Å². The lowest BCUT2D eigenvalue weighted by atomic mass is 10.1. The zero-order valence-electron chi connectivity index (χ0n) is 9.50. The van der Waals surface area contributed by atoms with Crippen molar-refractivity contribution in [1.29, 1.82) is 0 Å². The van der Waals surface area contributed by atoms with Gasteiger partial charge in [0.25, 0.3) is 0 Å². The van der Waals surface area contributed by atoms with Crippen LogP contribution in [0.3, 0.4) is 0 Å². The average Bonchev–Trinajstić information content (AvgIpc) is 2.31. The lowest BCUT2D eigenvalue weighted by Crippen LogP contribution is -2.37. The Morgan fingerprint density at radius 1 is 1.44 bits per heavy atom. The summed E-state index contributed by atoms with van der Waals surface area (Å²) in [4.78, 5) is 2.30. The van der Waals surface area contributed by atoms with Gasteiger partial charge in [-0.05, 0) is 25.8 Å². The molecule has 1 aliphatic rings. The van der Waals surface area contributed by atoms with E-state index in [-0.39, 0.29) is 0 Å². The standard InChI is InChI=1S/C11H20Cl2N2O/c12-8-10(13)9-15-5-2-11(3-6-15)16-7-1-4-14/h8,11H,1-7,9,14H2. The Bertz CT molecular complexity index is 216. The van der Waals surface area contributed by atoms with E-state index in [4.69, 9.17) is 33.7 Å². The molecule has 1 rings (SSSR count). The highest BCUT2D eigenvalue weighted by molar-refractivity contribution is 6.36. The number of rotatable bonds is 6. The van der Waals surface area contributed by atoms with Crippen molar-refractivity contribution in [2.45, 2.75) is 25.4 Å². The van der Waals surface area contributed by atoms with Gasteiger partial charge in [-0.3, -0.25) is 4.90 Å². The zero-order valence-corrected chi connectivity index (χ0v) is 11.0. The molecule has 5 heteroatoms. The summed E-state index contributed by atoms with van der Waals surface area (Å²) in [5.74, 6) is 0. The Morgan fingerprint density at radius 3 is 2.69 bits per heavy atom. The van der Waals surface area contributed by atoms with Crippen molar-refractivity contribution in [2.75, 3.05) is 32.8 Å². The third kappa shape index (κ3) is 5.51. The molecule has 1 aliphatic heterocycles. The number of hydrogen-bond acceptors (Lipinski definition) is 3. The molecule has 0 spiro atoms. The van der Waals surface area contributed by atoms with Gasteiger partial charge in [-0.1, -0.05) is 23.2 Å². The minimum Gasteiger partial charge on any atom is -0.378 e. The van der Waals surface area contributed by atoms with Crippen LogP contribution in [0.25, 0.3) is 0 Å². The molecular weight excluding hydrogens is 247 g/mol. The molecule has 94 valence electrons. The molecule has 1 heterocycles. The molecule has 16 heavy (non-hydrogen) atoms. The number of halogens is 2. The van der Waals surface area contributed by atoms with E-state index < -0.39 is 0 Å². The second kappa shape index (κ2) is 8.31. The van der Waals surface area contributed by atoms with Crippen molar-refractivity contribution in [3.8, 4) is 0 Å². The summed E-state index contributed by atoms with van der Waals surface area (Å²) in [6.45, 7) is 4.28. The van der Waals surface area contributed by atoms with Gasteiger partial charge in [0.1, 0.15) is 0 Å². The average molecular weight is 267 g/mol. The van der Waals surface area contributed by atoms with Gasteiger partial charge in [0, 0.05) is 36.8 Å². The molecule has 0 radical (unpaired) electrons. The molecule has 0 aromatic carbocycles. The van der Waals surface area contributed by atoms with Crippen molar-refractivity contribution in [1.82, 2.24) is 4.90 Å². The predicted octanol–water partition coefficient (Wildman–Crippen LogP) is 2.14. The molecule has 2 N–H and O–H groups in total. The van der Waals surface area contributed by atoms with E-state index in [0.29, 0.717) is 17.7 Å². The quantitative estimate of drug-likeness (QED) is 0.749. The SMILES string of the molecule is NCCCOC1CCN(CC(Cl)=CCl)CC1. The third-order valence-electron chi connectivity index (χ3n) is 2.73. The molecule has 0 aliphatic carbocycles. The summed E-state index contributed by atoms with van der Waals surface area (Å²) in [5, 5.41) is 0.698. The number of piperidine rings is 1. The summed E-state index contributed by atoms with van der Waals surface area (Å²) in [6.07, 6.45) is 3.47. The maximum atomic E-state index is 5.88. The second-order valence-corrected chi connectivity index (χ2v) is 4.75. The van der Waals surface area contributed by atoms with Crippen molar-refractivity contribution >= 4 is 23.2 Å². The lowest BCUT2D eigenvalue weighted by Gasteiger charge is -2.31. The van der Waals surface area contributed by atoms with Crippen molar-refractivity contribution < 1.29 is 4.74 Å². The first-order valence-corrected chi connectivity index (χ1v) is 6.56. The molecule has 1 fully saturated rings. The van der Waals surface area contributed by atoms with Crippen molar-refractivity contribution in [2.24, 2.45) is 5.73 Å². The van der Waals surface area contributed by atoms with E-state index in [1.54, 1.807) is 0 Å². The lowest BCUT2D eigenvalue weighted by molar-refractivity contribution is 0.00934. The highest BCUT2D eigenvalue weighted by Gasteiger charge is 2.19. The largest absolute Gasteiger partial charge is 0.378 e. The zero-order chi connectivity index (χ0) is 11.8. The fraction of sp³-hybridized carbons (Fsp3) is 0.818. The summed E-state index contributed by atoms with van der Waals surface area (Å²) in [7, 11) is 0. The molecule has 0 aromatic heterocycles. The summed E-state index contributed by atoms with van der Waals surface area (Å²) >= 11 is 11.4. The van der Waals surface area contributed by atoms with E-state index in [1.165, 1.54) is 5.54 Å². The van der Waals surface area contributed by atoms with Gasteiger partial charge in [0.2, 0.25) is 0 Å². The van der Waals surface area contributed by atoms with E-state index in [0.717, 1.165) is 45.5 Å². The van der Waals surface area contributed by atoms with Gasteiger partial charge in [0.05, 0.1) is 6.10 Å². The number of nitrogens with zero attached hydrogens (tertiary/aromatic N) is 1. The van der Waals surface area contributed by atoms with Gasteiger partial charge in [-0.15, -0.1) is 0 Å². The fourth-order valence-electron chi connectivity index (χ4n) is 1.82. The van der Waals surface area contributed by atoms with Crippen LogP contribution in [-0.4, -0.2) is 43.8 Å². The summed E-state index contributed by atoms with van der Waals surface area (Å²) in [6, 6.07) is 0. The van der Waals surface area contributed by atoms with Gasteiger partial charge < -0.3 is 10.5 Å². The van der Waals surface area contributed by atoms with Crippen LogP contribution in [0.4, 0.5) is 0 Å². The van der Waals surface area contributed by atoms with Gasteiger partial charge in [-0.25, -0.2) is 0 Å².